The number of alkyl halides is 3. The fourth-order valence-electron chi connectivity index (χ4n) is 2.33. The van der Waals surface area contributed by atoms with Crippen LogP contribution < -0.4 is 15.4 Å². The number of hydrogen-bond acceptors (Lipinski definition) is 3. The van der Waals surface area contributed by atoms with Gasteiger partial charge in [-0.25, -0.2) is 4.39 Å². The summed E-state index contributed by atoms with van der Waals surface area (Å²) in [6.07, 6.45) is -4.08. The third kappa shape index (κ3) is 6.57. The highest BCUT2D eigenvalue weighted by Gasteiger charge is 2.27. The van der Waals surface area contributed by atoms with E-state index in [1.807, 2.05) is 0 Å². The quantitative estimate of drug-likeness (QED) is 0.699. The van der Waals surface area contributed by atoms with Gasteiger partial charge < -0.3 is 15.4 Å². The first-order chi connectivity index (χ1) is 13.2. The molecule has 2 aromatic rings. The lowest BCUT2D eigenvalue weighted by molar-refractivity contribution is -0.123. The summed E-state index contributed by atoms with van der Waals surface area (Å²) in [6.45, 7) is -1.42. The highest BCUT2D eigenvalue weighted by Crippen LogP contribution is 2.19. The zero-order valence-corrected chi connectivity index (χ0v) is 14.9. The van der Waals surface area contributed by atoms with Gasteiger partial charge in [-0.1, -0.05) is 6.07 Å². The highest BCUT2D eigenvalue weighted by molar-refractivity contribution is 5.95. The normalized spacial score (nSPS) is 11.0. The number of carbonyl (C=O) groups is 2. The molecule has 0 heterocycles. The molecule has 0 radical (unpaired) electrons. The average molecular weight is 398 g/mol. The predicted octanol–water partition coefficient (Wildman–Crippen LogP) is 3.70. The molecular weight excluding hydrogens is 380 g/mol. The molecule has 0 aliphatic rings. The maximum atomic E-state index is 13.6. The zero-order chi connectivity index (χ0) is 20.7. The van der Waals surface area contributed by atoms with Gasteiger partial charge in [0.2, 0.25) is 5.91 Å². The van der Waals surface area contributed by atoms with Gasteiger partial charge >= 0.3 is 6.18 Å². The average Bonchev–Trinajstić information content (AvgIpc) is 2.64. The van der Waals surface area contributed by atoms with Gasteiger partial charge in [-0.2, -0.15) is 13.2 Å². The van der Waals surface area contributed by atoms with Gasteiger partial charge in [-0.05, 0) is 48.4 Å². The number of halogens is 4. The number of anilines is 1. The third-order valence-corrected chi connectivity index (χ3v) is 3.74. The van der Waals surface area contributed by atoms with Crippen molar-refractivity contribution in [2.75, 3.05) is 19.0 Å². The van der Waals surface area contributed by atoms with E-state index in [2.05, 4.69) is 5.32 Å². The zero-order valence-electron chi connectivity index (χ0n) is 14.9. The van der Waals surface area contributed by atoms with Crippen molar-refractivity contribution in [1.29, 1.82) is 0 Å². The molecule has 9 heteroatoms. The summed E-state index contributed by atoms with van der Waals surface area (Å²) in [4.78, 5) is 23.6. The number of nitrogens with one attached hydrogen (secondary N) is 2. The summed E-state index contributed by atoms with van der Waals surface area (Å²) in [5.74, 6) is -1.59. The molecule has 2 N–H and O–H groups in total. The van der Waals surface area contributed by atoms with Crippen LogP contribution in [0, 0.1) is 5.82 Å². The smallest absolute Gasteiger partial charge is 0.405 e. The first-order valence-corrected chi connectivity index (χ1v) is 8.25. The number of carbonyl (C=O) groups excluding carboxylic acids is 2. The van der Waals surface area contributed by atoms with Crippen LogP contribution in [0.4, 0.5) is 23.2 Å². The number of amides is 2. The first kappa shape index (κ1) is 21.2. The molecule has 0 unspecified atom stereocenters. The molecule has 0 aromatic heterocycles. The summed E-state index contributed by atoms with van der Waals surface area (Å²) in [5, 5.41) is 4.36. The van der Waals surface area contributed by atoms with Crippen molar-refractivity contribution >= 4 is 17.5 Å². The molecular formula is C19H18F4N2O3. The Morgan fingerprint density at radius 2 is 1.75 bits per heavy atom. The molecule has 28 heavy (non-hydrogen) atoms. The monoisotopic (exact) mass is 398 g/mol. The molecule has 2 rings (SSSR count). The standard InChI is InChI=1S/C19H18F4N2O3/c1-28-16-8-2-12(10-15(16)20)3-9-17(26)25-14-6-4-13(5-7-14)18(27)24-11-19(21,22)23/h2,4-8,10H,3,9,11H2,1H3,(H,24,27)(H,25,26). The van der Waals surface area contributed by atoms with E-state index < -0.39 is 24.4 Å². The molecule has 0 spiro atoms. The van der Waals surface area contributed by atoms with Crippen LogP contribution in [0.2, 0.25) is 0 Å². The second-order valence-corrected chi connectivity index (χ2v) is 5.89. The van der Waals surface area contributed by atoms with Crippen molar-refractivity contribution in [2.24, 2.45) is 0 Å². The molecule has 5 nitrogen and oxygen atoms in total. The Labute approximate surface area is 158 Å². The predicted molar refractivity (Wildman–Crippen MR) is 94.7 cm³/mol. The second-order valence-electron chi connectivity index (χ2n) is 5.89. The molecule has 2 amide bonds. The van der Waals surface area contributed by atoms with Gasteiger partial charge in [0.15, 0.2) is 11.6 Å². The molecule has 0 bridgehead atoms. The van der Waals surface area contributed by atoms with Gasteiger partial charge in [0.1, 0.15) is 6.54 Å². The maximum absolute atomic E-state index is 13.6. The van der Waals surface area contributed by atoms with Crippen LogP contribution in [-0.2, 0) is 11.2 Å². The van der Waals surface area contributed by atoms with Crippen molar-refractivity contribution < 1.29 is 31.9 Å². The number of ether oxygens (including phenoxy) is 1. The van der Waals surface area contributed by atoms with E-state index in [1.165, 1.54) is 43.5 Å². The van der Waals surface area contributed by atoms with Crippen molar-refractivity contribution in [3.63, 3.8) is 0 Å². The number of methoxy groups -OCH3 is 1. The Bertz CT molecular complexity index is 836. The summed E-state index contributed by atoms with van der Waals surface area (Å²) in [7, 11) is 1.36. The van der Waals surface area contributed by atoms with Crippen molar-refractivity contribution in [1.82, 2.24) is 5.32 Å². The largest absolute Gasteiger partial charge is 0.494 e. The molecule has 0 fully saturated rings. The number of rotatable bonds is 7. The minimum Gasteiger partial charge on any atom is -0.494 e. The van der Waals surface area contributed by atoms with Gasteiger partial charge in [-0.3, -0.25) is 9.59 Å². The van der Waals surface area contributed by atoms with Crippen LogP contribution in [-0.4, -0.2) is 31.6 Å². The maximum Gasteiger partial charge on any atom is 0.405 e. The lowest BCUT2D eigenvalue weighted by Crippen LogP contribution is -2.33. The second kappa shape index (κ2) is 9.20. The van der Waals surface area contributed by atoms with Crippen LogP contribution in [0.3, 0.4) is 0 Å². The Balaban J connectivity index is 1.85. The van der Waals surface area contributed by atoms with Crippen molar-refractivity contribution in [3.8, 4) is 5.75 Å². The Kier molecular flexibility index (Phi) is 6.97. The SMILES string of the molecule is COc1ccc(CCC(=O)Nc2ccc(C(=O)NCC(F)(F)F)cc2)cc1F. The minimum absolute atomic E-state index is 0.0379. The van der Waals surface area contributed by atoms with Gasteiger partial charge in [0.05, 0.1) is 7.11 Å². The minimum atomic E-state index is -4.49. The summed E-state index contributed by atoms with van der Waals surface area (Å²) >= 11 is 0. The molecule has 2 aromatic carbocycles. The number of aryl methyl sites for hydroxylation is 1. The van der Waals surface area contributed by atoms with Crippen LogP contribution in [0.5, 0.6) is 5.75 Å². The van der Waals surface area contributed by atoms with E-state index in [9.17, 15) is 27.2 Å². The van der Waals surface area contributed by atoms with Crippen LogP contribution in [0.15, 0.2) is 42.5 Å². The fraction of sp³-hybridized carbons (Fsp3) is 0.263. The third-order valence-electron chi connectivity index (χ3n) is 3.74. The molecule has 0 aliphatic carbocycles. The number of benzene rings is 2. The topological polar surface area (TPSA) is 67.4 Å². The van der Waals surface area contributed by atoms with E-state index >= 15 is 0 Å². The number of hydrogen-bond donors (Lipinski definition) is 2. The van der Waals surface area contributed by atoms with E-state index in [0.717, 1.165) is 0 Å². The van der Waals surface area contributed by atoms with Crippen molar-refractivity contribution in [2.45, 2.75) is 19.0 Å². The lowest BCUT2D eigenvalue weighted by atomic mass is 10.1. The molecule has 0 aliphatic heterocycles. The van der Waals surface area contributed by atoms with Gasteiger partial charge in [0.25, 0.3) is 5.91 Å². The summed E-state index contributed by atoms with van der Waals surface area (Å²) in [6, 6.07) is 9.86. The summed E-state index contributed by atoms with van der Waals surface area (Å²) in [5.41, 5.74) is 1.05. The van der Waals surface area contributed by atoms with Crippen LogP contribution in [0.1, 0.15) is 22.3 Å². The van der Waals surface area contributed by atoms with E-state index in [4.69, 9.17) is 4.74 Å². The van der Waals surface area contributed by atoms with Crippen molar-refractivity contribution in [3.05, 3.63) is 59.4 Å². The molecule has 0 saturated carbocycles. The van der Waals surface area contributed by atoms with Crippen LogP contribution in [0.25, 0.3) is 0 Å². The van der Waals surface area contributed by atoms with Gasteiger partial charge in [0, 0.05) is 17.7 Å². The molecule has 0 saturated heterocycles. The van der Waals surface area contributed by atoms with E-state index in [-0.39, 0.29) is 23.6 Å². The molecule has 150 valence electrons. The van der Waals surface area contributed by atoms with Gasteiger partial charge in [-0.15, -0.1) is 0 Å². The Morgan fingerprint density at radius 1 is 1.07 bits per heavy atom. The van der Waals surface area contributed by atoms with Crippen LogP contribution >= 0.6 is 0 Å². The fourth-order valence-corrected chi connectivity index (χ4v) is 2.33. The first-order valence-electron chi connectivity index (χ1n) is 8.25. The van der Waals surface area contributed by atoms with E-state index in [1.54, 1.807) is 11.4 Å². The summed E-state index contributed by atoms with van der Waals surface area (Å²) < 4.78 is 54.8. The molecule has 0 atom stereocenters. The highest BCUT2D eigenvalue weighted by atomic mass is 19.4. The Hall–Kier alpha value is -3.10. The Morgan fingerprint density at radius 3 is 2.32 bits per heavy atom. The lowest BCUT2D eigenvalue weighted by Gasteiger charge is -2.09. The van der Waals surface area contributed by atoms with E-state index in [0.29, 0.717) is 17.7 Å².